The quantitative estimate of drug-likeness (QED) is 0.752. The Balaban J connectivity index is 1.48. The fraction of sp³-hybridized carbons (Fsp3) is 0.300. The van der Waals surface area contributed by atoms with Gasteiger partial charge in [-0.25, -0.2) is 4.98 Å². The number of ether oxygens (including phenoxy) is 1. The van der Waals surface area contributed by atoms with Crippen LogP contribution in [0.25, 0.3) is 11.0 Å². The maximum Gasteiger partial charge on any atom is 0.257 e. The summed E-state index contributed by atoms with van der Waals surface area (Å²) < 4.78 is 7.57. The van der Waals surface area contributed by atoms with Gasteiger partial charge in [-0.2, -0.15) is 0 Å². The molecule has 0 saturated carbocycles. The van der Waals surface area contributed by atoms with Crippen LogP contribution >= 0.6 is 0 Å². The van der Waals surface area contributed by atoms with Crippen molar-refractivity contribution in [3.05, 3.63) is 59.4 Å². The number of nitrogens with zero attached hydrogens (tertiary/aromatic N) is 2. The van der Waals surface area contributed by atoms with Gasteiger partial charge in [0.15, 0.2) is 6.61 Å². The van der Waals surface area contributed by atoms with Crippen LogP contribution in [0.2, 0.25) is 0 Å². The van der Waals surface area contributed by atoms with Crippen molar-refractivity contribution in [1.82, 2.24) is 14.9 Å². The van der Waals surface area contributed by atoms with Gasteiger partial charge in [0, 0.05) is 13.6 Å². The molecule has 0 aliphatic carbocycles. The van der Waals surface area contributed by atoms with E-state index in [4.69, 9.17) is 4.74 Å². The van der Waals surface area contributed by atoms with Crippen LogP contribution in [-0.2, 0) is 18.3 Å². The first-order valence-corrected chi connectivity index (χ1v) is 8.41. The van der Waals surface area contributed by atoms with Gasteiger partial charge >= 0.3 is 0 Å². The predicted octanol–water partition coefficient (Wildman–Crippen LogP) is 2.93. The number of carbonyl (C=O) groups is 1. The van der Waals surface area contributed by atoms with Crippen LogP contribution in [0.4, 0.5) is 0 Å². The van der Waals surface area contributed by atoms with Crippen molar-refractivity contribution in [2.45, 2.75) is 20.3 Å². The second-order valence-electron chi connectivity index (χ2n) is 6.25. The standard InChI is InChI=1S/C20H23N3O2/c1-14-5-4-6-17(11-14)25-13-20(24)21-10-9-16-7-8-19-18(12-16)22-15(2)23(19)3/h4-8,11-12H,9-10,13H2,1-3H3,(H,21,24). The van der Waals surface area contributed by atoms with Gasteiger partial charge in [-0.1, -0.05) is 18.2 Å². The van der Waals surface area contributed by atoms with E-state index in [2.05, 4.69) is 33.1 Å². The maximum absolute atomic E-state index is 11.9. The van der Waals surface area contributed by atoms with Crippen LogP contribution in [0, 0.1) is 13.8 Å². The van der Waals surface area contributed by atoms with Gasteiger partial charge in [0.25, 0.3) is 5.91 Å². The predicted molar refractivity (Wildman–Crippen MR) is 98.8 cm³/mol. The van der Waals surface area contributed by atoms with Crippen molar-refractivity contribution in [3.8, 4) is 5.75 Å². The number of aromatic nitrogens is 2. The highest BCUT2D eigenvalue weighted by atomic mass is 16.5. The summed E-state index contributed by atoms with van der Waals surface area (Å²) in [6.07, 6.45) is 0.766. The van der Waals surface area contributed by atoms with E-state index < -0.39 is 0 Å². The minimum Gasteiger partial charge on any atom is -0.484 e. The summed E-state index contributed by atoms with van der Waals surface area (Å²) in [5.41, 5.74) is 4.38. The molecule has 0 spiro atoms. The Hall–Kier alpha value is -2.82. The summed E-state index contributed by atoms with van der Waals surface area (Å²) in [5.74, 6) is 1.59. The smallest absolute Gasteiger partial charge is 0.257 e. The number of amides is 1. The summed E-state index contributed by atoms with van der Waals surface area (Å²) in [6, 6.07) is 13.9. The first-order valence-electron chi connectivity index (χ1n) is 8.41. The molecule has 1 amide bonds. The van der Waals surface area contributed by atoms with E-state index in [1.165, 1.54) is 0 Å². The van der Waals surface area contributed by atoms with Crippen LogP contribution in [0.1, 0.15) is 17.0 Å². The van der Waals surface area contributed by atoms with Crippen molar-refractivity contribution in [3.63, 3.8) is 0 Å². The molecule has 3 aromatic rings. The van der Waals surface area contributed by atoms with E-state index >= 15 is 0 Å². The van der Waals surface area contributed by atoms with Crippen LogP contribution in [-0.4, -0.2) is 28.6 Å². The second-order valence-corrected chi connectivity index (χ2v) is 6.25. The molecule has 0 aliphatic rings. The molecule has 0 bridgehead atoms. The number of imidazole rings is 1. The summed E-state index contributed by atoms with van der Waals surface area (Å²) in [5, 5.41) is 2.89. The fourth-order valence-electron chi connectivity index (χ4n) is 2.77. The Bertz CT molecular complexity index is 899. The summed E-state index contributed by atoms with van der Waals surface area (Å²) in [7, 11) is 2.01. The zero-order valence-electron chi connectivity index (χ0n) is 14.9. The number of aryl methyl sites for hydroxylation is 3. The lowest BCUT2D eigenvalue weighted by atomic mass is 10.1. The number of nitrogens with one attached hydrogen (secondary N) is 1. The van der Waals surface area contributed by atoms with Gasteiger partial charge in [0.1, 0.15) is 11.6 Å². The average molecular weight is 337 g/mol. The molecule has 130 valence electrons. The van der Waals surface area contributed by atoms with Gasteiger partial charge in [-0.15, -0.1) is 0 Å². The number of rotatable bonds is 6. The molecule has 0 saturated heterocycles. The SMILES string of the molecule is Cc1cccc(OCC(=O)NCCc2ccc3c(c2)nc(C)n3C)c1. The molecule has 5 heteroatoms. The molecule has 0 aliphatic heterocycles. The molecule has 0 atom stereocenters. The molecule has 0 radical (unpaired) electrons. The number of fused-ring (bicyclic) bond motifs is 1. The average Bonchev–Trinajstić information content (AvgIpc) is 2.87. The van der Waals surface area contributed by atoms with E-state index in [1.807, 2.05) is 45.2 Å². The third-order valence-electron chi connectivity index (χ3n) is 4.26. The number of hydrogen-bond donors (Lipinski definition) is 1. The molecule has 25 heavy (non-hydrogen) atoms. The van der Waals surface area contributed by atoms with Crippen molar-refractivity contribution in [2.24, 2.45) is 7.05 Å². The highest BCUT2D eigenvalue weighted by Gasteiger charge is 2.06. The summed E-state index contributed by atoms with van der Waals surface area (Å²) in [6.45, 7) is 4.59. The molecule has 1 aromatic heterocycles. The molecular formula is C20H23N3O2. The Morgan fingerprint density at radius 1 is 1.20 bits per heavy atom. The third-order valence-corrected chi connectivity index (χ3v) is 4.26. The van der Waals surface area contributed by atoms with Gasteiger partial charge in [0.05, 0.1) is 11.0 Å². The summed E-state index contributed by atoms with van der Waals surface area (Å²) >= 11 is 0. The first-order chi connectivity index (χ1) is 12.0. The number of benzene rings is 2. The van der Waals surface area contributed by atoms with E-state index in [0.29, 0.717) is 12.3 Å². The first kappa shape index (κ1) is 17.0. The van der Waals surface area contributed by atoms with Crippen LogP contribution in [0.15, 0.2) is 42.5 Å². The second kappa shape index (κ2) is 7.38. The molecule has 1 N–H and O–H groups in total. The highest BCUT2D eigenvalue weighted by molar-refractivity contribution is 5.78. The van der Waals surface area contributed by atoms with Crippen molar-refractivity contribution in [1.29, 1.82) is 0 Å². The fourth-order valence-corrected chi connectivity index (χ4v) is 2.77. The highest BCUT2D eigenvalue weighted by Crippen LogP contribution is 2.16. The third kappa shape index (κ3) is 4.18. The minimum atomic E-state index is -0.115. The number of hydrogen-bond acceptors (Lipinski definition) is 3. The van der Waals surface area contributed by atoms with E-state index in [1.54, 1.807) is 0 Å². The topological polar surface area (TPSA) is 56.1 Å². The van der Waals surface area contributed by atoms with Crippen molar-refractivity contribution >= 4 is 16.9 Å². The van der Waals surface area contributed by atoms with Gasteiger partial charge in [-0.3, -0.25) is 4.79 Å². The molecule has 0 fully saturated rings. The van der Waals surface area contributed by atoms with Crippen molar-refractivity contribution < 1.29 is 9.53 Å². The lowest BCUT2D eigenvalue weighted by molar-refractivity contribution is -0.123. The van der Waals surface area contributed by atoms with E-state index in [9.17, 15) is 4.79 Å². The van der Waals surface area contributed by atoms with Gasteiger partial charge < -0.3 is 14.6 Å². The monoisotopic (exact) mass is 337 g/mol. The van der Waals surface area contributed by atoms with Crippen LogP contribution < -0.4 is 10.1 Å². The van der Waals surface area contributed by atoms with Crippen molar-refractivity contribution in [2.75, 3.05) is 13.2 Å². The lowest BCUT2D eigenvalue weighted by Gasteiger charge is -2.08. The maximum atomic E-state index is 11.9. The molecule has 5 nitrogen and oxygen atoms in total. The normalized spacial score (nSPS) is 10.8. The zero-order chi connectivity index (χ0) is 17.8. The zero-order valence-corrected chi connectivity index (χ0v) is 14.9. The number of carbonyl (C=O) groups excluding carboxylic acids is 1. The molecule has 3 rings (SSSR count). The Labute approximate surface area is 147 Å². The summed E-state index contributed by atoms with van der Waals surface area (Å²) in [4.78, 5) is 16.4. The molecule has 2 aromatic carbocycles. The molecular weight excluding hydrogens is 314 g/mol. The van der Waals surface area contributed by atoms with Crippen LogP contribution in [0.5, 0.6) is 5.75 Å². The van der Waals surface area contributed by atoms with Gasteiger partial charge in [0.2, 0.25) is 0 Å². The lowest BCUT2D eigenvalue weighted by Crippen LogP contribution is -2.30. The Kier molecular flexibility index (Phi) is 5.03. The van der Waals surface area contributed by atoms with Crippen LogP contribution in [0.3, 0.4) is 0 Å². The molecule has 0 unspecified atom stereocenters. The van der Waals surface area contributed by atoms with Gasteiger partial charge in [-0.05, 0) is 55.7 Å². The van der Waals surface area contributed by atoms with E-state index in [-0.39, 0.29) is 12.5 Å². The molecule has 1 heterocycles. The Morgan fingerprint density at radius 2 is 2.04 bits per heavy atom. The minimum absolute atomic E-state index is 0.0297. The van der Waals surface area contributed by atoms with E-state index in [0.717, 1.165) is 34.4 Å². The largest absolute Gasteiger partial charge is 0.484 e. The Morgan fingerprint density at radius 3 is 2.84 bits per heavy atom.